The zero-order valence-electron chi connectivity index (χ0n) is 16.0. The number of para-hydroxylation sites is 2. The fourth-order valence-corrected chi connectivity index (χ4v) is 3.56. The predicted molar refractivity (Wildman–Crippen MR) is 105 cm³/mol. The zero-order chi connectivity index (χ0) is 21.5. The van der Waals surface area contributed by atoms with Gasteiger partial charge in [0.2, 0.25) is 11.8 Å². The SMILES string of the molecule is C[C@@H](NC(=O)[C@@H]1CC(=O)N(c2cccc(C(F)(F)F)c2)C1)c1nc2ccccc2[nH]1. The number of rotatable bonds is 4. The first kappa shape index (κ1) is 19.9. The smallest absolute Gasteiger partial charge is 0.346 e. The highest BCUT2D eigenvalue weighted by atomic mass is 19.4. The molecular formula is C21H19F3N4O2. The van der Waals surface area contributed by atoms with Gasteiger partial charge in [-0.15, -0.1) is 0 Å². The van der Waals surface area contributed by atoms with Crippen molar-refractivity contribution in [2.75, 3.05) is 11.4 Å². The van der Waals surface area contributed by atoms with Crippen molar-refractivity contribution in [3.63, 3.8) is 0 Å². The summed E-state index contributed by atoms with van der Waals surface area (Å²) in [6.07, 6.45) is -4.56. The van der Waals surface area contributed by atoms with Gasteiger partial charge in [0.1, 0.15) is 5.82 Å². The number of H-pyrrole nitrogens is 1. The maximum Gasteiger partial charge on any atom is 0.416 e. The number of amides is 2. The van der Waals surface area contributed by atoms with E-state index in [9.17, 15) is 22.8 Å². The molecule has 2 heterocycles. The summed E-state index contributed by atoms with van der Waals surface area (Å²) >= 11 is 0. The third-order valence-corrected chi connectivity index (χ3v) is 5.16. The average molecular weight is 416 g/mol. The molecule has 1 aliphatic rings. The quantitative estimate of drug-likeness (QED) is 0.679. The van der Waals surface area contributed by atoms with Crippen molar-refractivity contribution < 1.29 is 22.8 Å². The van der Waals surface area contributed by atoms with Crippen molar-refractivity contribution in [3.05, 3.63) is 59.9 Å². The molecule has 2 amide bonds. The van der Waals surface area contributed by atoms with Crippen LogP contribution in [-0.2, 0) is 15.8 Å². The van der Waals surface area contributed by atoms with E-state index in [4.69, 9.17) is 0 Å². The fraction of sp³-hybridized carbons (Fsp3) is 0.286. The minimum atomic E-state index is -4.50. The summed E-state index contributed by atoms with van der Waals surface area (Å²) in [4.78, 5) is 33.9. The highest BCUT2D eigenvalue weighted by molar-refractivity contribution is 6.00. The number of aromatic amines is 1. The molecule has 0 unspecified atom stereocenters. The number of carbonyl (C=O) groups is 2. The lowest BCUT2D eigenvalue weighted by atomic mass is 10.1. The molecule has 2 atom stereocenters. The van der Waals surface area contributed by atoms with Crippen molar-refractivity contribution >= 4 is 28.5 Å². The molecule has 9 heteroatoms. The minimum Gasteiger partial charge on any atom is -0.346 e. The highest BCUT2D eigenvalue weighted by Gasteiger charge is 2.37. The van der Waals surface area contributed by atoms with Crippen LogP contribution in [0.15, 0.2) is 48.5 Å². The molecule has 1 saturated heterocycles. The maximum absolute atomic E-state index is 13.0. The van der Waals surface area contributed by atoms with E-state index < -0.39 is 23.7 Å². The van der Waals surface area contributed by atoms with Crippen molar-refractivity contribution in [2.45, 2.75) is 25.6 Å². The second kappa shape index (κ2) is 7.47. The van der Waals surface area contributed by atoms with Crippen molar-refractivity contribution in [2.24, 2.45) is 5.92 Å². The van der Waals surface area contributed by atoms with E-state index in [-0.39, 0.29) is 30.5 Å². The Morgan fingerprint density at radius 1 is 1.23 bits per heavy atom. The van der Waals surface area contributed by atoms with Crippen LogP contribution in [-0.4, -0.2) is 28.3 Å². The maximum atomic E-state index is 13.0. The van der Waals surface area contributed by atoms with E-state index in [1.54, 1.807) is 6.92 Å². The number of benzene rings is 2. The van der Waals surface area contributed by atoms with Gasteiger partial charge in [0, 0.05) is 18.7 Å². The van der Waals surface area contributed by atoms with Gasteiger partial charge in [-0.1, -0.05) is 18.2 Å². The summed E-state index contributed by atoms with van der Waals surface area (Å²) in [7, 11) is 0. The molecule has 2 aromatic carbocycles. The van der Waals surface area contributed by atoms with E-state index in [1.807, 2.05) is 24.3 Å². The molecule has 0 aliphatic carbocycles. The summed E-state index contributed by atoms with van der Waals surface area (Å²) in [5, 5.41) is 2.84. The summed E-state index contributed by atoms with van der Waals surface area (Å²) in [5.74, 6) is -0.792. The monoisotopic (exact) mass is 416 g/mol. The lowest BCUT2D eigenvalue weighted by Gasteiger charge is -2.19. The van der Waals surface area contributed by atoms with Crippen LogP contribution in [0.4, 0.5) is 18.9 Å². The topological polar surface area (TPSA) is 78.1 Å². The number of anilines is 1. The largest absolute Gasteiger partial charge is 0.416 e. The number of halogens is 3. The standard InChI is InChI=1S/C21H19F3N4O2/c1-12(19-26-16-7-2-3-8-17(16)27-19)25-20(30)13-9-18(29)28(11-13)15-6-4-5-14(10-15)21(22,23)24/h2-8,10,12-13H,9,11H2,1H3,(H,25,30)(H,26,27)/t12-,13-/m1/s1. The minimum absolute atomic E-state index is 0.0266. The number of carbonyl (C=O) groups excluding carboxylic acids is 2. The third-order valence-electron chi connectivity index (χ3n) is 5.16. The van der Waals surface area contributed by atoms with Gasteiger partial charge >= 0.3 is 6.18 Å². The lowest BCUT2D eigenvalue weighted by molar-refractivity contribution is -0.137. The molecule has 1 aliphatic heterocycles. The zero-order valence-corrected chi connectivity index (χ0v) is 16.0. The molecule has 2 N–H and O–H groups in total. The Morgan fingerprint density at radius 3 is 2.73 bits per heavy atom. The molecular weight excluding hydrogens is 397 g/mol. The van der Waals surface area contributed by atoms with Crippen LogP contribution in [0.5, 0.6) is 0 Å². The van der Waals surface area contributed by atoms with Crippen LogP contribution < -0.4 is 10.2 Å². The number of nitrogens with zero attached hydrogens (tertiary/aromatic N) is 2. The Kier molecular flexibility index (Phi) is 4.97. The Hall–Kier alpha value is -3.36. The normalized spacial score (nSPS) is 18.1. The number of aromatic nitrogens is 2. The summed E-state index contributed by atoms with van der Waals surface area (Å²) in [6.45, 7) is 1.80. The Bertz CT molecular complexity index is 1080. The molecule has 1 aromatic heterocycles. The van der Waals surface area contributed by atoms with Gasteiger partial charge in [-0.3, -0.25) is 9.59 Å². The van der Waals surface area contributed by atoms with Gasteiger partial charge in [0.25, 0.3) is 0 Å². The molecule has 0 bridgehead atoms. The van der Waals surface area contributed by atoms with E-state index >= 15 is 0 Å². The van der Waals surface area contributed by atoms with Crippen LogP contribution in [0.3, 0.4) is 0 Å². The first-order valence-electron chi connectivity index (χ1n) is 9.45. The molecule has 4 rings (SSSR count). The molecule has 6 nitrogen and oxygen atoms in total. The van der Waals surface area contributed by atoms with Crippen LogP contribution in [0, 0.1) is 5.92 Å². The first-order valence-corrected chi connectivity index (χ1v) is 9.45. The van der Waals surface area contributed by atoms with Crippen LogP contribution in [0.2, 0.25) is 0 Å². The number of fused-ring (bicyclic) bond motifs is 1. The number of nitrogens with one attached hydrogen (secondary N) is 2. The van der Waals surface area contributed by atoms with Gasteiger partial charge in [-0.25, -0.2) is 4.98 Å². The van der Waals surface area contributed by atoms with Crippen molar-refractivity contribution in [1.29, 1.82) is 0 Å². The Morgan fingerprint density at radius 2 is 2.00 bits per heavy atom. The van der Waals surface area contributed by atoms with Crippen LogP contribution in [0.25, 0.3) is 11.0 Å². The number of hydrogen-bond donors (Lipinski definition) is 2. The second-order valence-electron chi connectivity index (χ2n) is 7.32. The van der Waals surface area contributed by atoms with Gasteiger partial charge in [0.05, 0.1) is 28.6 Å². The molecule has 3 aromatic rings. The lowest BCUT2D eigenvalue weighted by Crippen LogP contribution is -2.35. The summed E-state index contributed by atoms with van der Waals surface area (Å²) in [6, 6.07) is 11.6. The molecule has 0 spiro atoms. The van der Waals surface area contributed by atoms with Gasteiger partial charge in [-0.2, -0.15) is 13.2 Å². The molecule has 0 saturated carbocycles. The number of alkyl halides is 3. The fourth-order valence-electron chi connectivity index (χ4n) is 3.56. The van der Waals surface area contributed by atoms with Crippen molar-refractivity contribution in [1.82, 2.24) is 15.3 Å². The average Bonchev–Trinajstić information content (AvgIpc) is 3.31. The second-order valence-corrected chi connectivity index (χ2v) is 7.32. The predicted octanol–water partition coefficient (Wildman–Crippen LogP) is 3.81. The van der Waals surface area contributed by atoms with Crippen LogP contribution in [0.1, 0.15) is 30.8 Å². The number of imidazole rings is 1. The Labute approximate surface area is 170 Å². The molecule has 30 heavy (non-hydrogen) atoms. The third kappa shape index (κ3) is 3.87. The van der Waals surface area contributed by atoms with Gasteiger partial charge in [0.15, 0.2) is 0 Å². The van der Waals surface area contributed by atoms with Gasteiger partial charge < -0.3 is 15.2 Å². The molecule has 156 valence electrons. The van der Waals surface area contributed by atoms with E-state index in [1.165, 1.54) is 17.0 Å². The molecule has 1 fully saturated rings. The molecule has 0 radical (unpaired) electrons. The number of hydrogen-bond acceptors (Lipinski definition) is 3. The summed E-state index contributed by atoms with van der Waals surface area (Å²) in [5.41, 5.74) is 0.926. The van der Waals surface area contributed by atoms with Crippen molar-refractivity contribution in [3.8, 4) is 0 Å². The van der Waals surface area contributed by atoms with Crippen LogP contribution >= 0.6 is 0 Å². The summed E-state index contributed by atoms with van der Waals surface area (Å²) < 4.78 is 38.9. The van der Waals surface area contributed by atoms with E-state index in [2.05, 4.69) is 15.3 Å². The highest BCUT2D eigenvalue weighted by Crippen LogP contribution is 2.33. The van der Waals surface area contributed by atoms with Gasteiger partial charge in [-0.05, 0) is 37.3 Å². The Balaban J connectivity index is 1.45. The van der Waals surface area contributed by atoms with E-state index in [0.717, 1.165) is 23.2 Å². The van der Waals surface area contributed by atoms with E-state index in [0.29, 0.717) is 5.82 Å². The first-order chi connectivity index (χ1) is 14.2.